The van der Waals surface area contributed by atoms with Crippen LogP contribution in [0.15, 0.2) is 0 Å². The summed E-state index contributed by atoms with van der Waals surface area (Å²) in [6.45, 7) is 7.57. The van der Waals surface area contributed by atoms with Crippen molar-refractivity contribution in [3.63, 3.8) is 0 Å². The molecule has 1 saturated heterocycles. The lowest BCUT2D eigenvalue weighted by molar-refractivity contribution is -0.141. The molecule has 5 heteroatoms. The highest BCUT2D eigenvalue weighted by molar-refractivity contribution is 5.91. The van der Waals surface area contributed by atoms with Crippen molar-refractivity contribution in [2.24, 2.45) is 5.92 Å². The number of hydrogen-bond acceptors (Lipinski definition) is 3. The van der Waals surface area contributed by atoms with E-state index < -0.39 is 12.1 Å². The Labute approximate surface area is 121 Å². The van der Waals surface area contributed by atoms with Crippen molar-refractivity contribution in [2.45, 2.75) is 65.5 Å². The second-order valence-corrected chi connectivity index (χ2v) is 5.71. The van der Waals surface area contributed by atoms with E-state index in [1.54, 1.807) is 4.90 Å². The van der Waals surface area contributed by atoms with Crippen LogP contribution in [0.5, 0.6) is 0 Å². The van der Waals surface area contributed by atoms with Gasteiger partial charge in [-0.15, -0.1) is 0 Å². The number of amides is 2. The SMILES string of the molecule is CCC(C)C(NC(=O)C1CCCCN1C(C)=O)C(C)=O. The third-order valence-corrected chi connectivity index (χ3v) is 4.16. The smallest absolute Gasteiger partial charge is 0.243 e. The third-order valence-electron chi connectivity index (χ3n) is 4.16. The molecule has 2 amide bonds. The van der Waals surface area contributed by atoms with Crippen LogP contribution in [0, 0.1) is 5.92 Å². The molecule has 3 unspecified atom stereocenters. The van der Waals surface area contributed by atoms with Gasteiger partial charge in [0.15, 0.2) is 5.78 Å². The van der Waals surface area contributed by atoms with Gasteiger partial charge in [0, 0.05) is 13.5 Å². The number of Topliss-reactive ketones (excluding diaryl/α,β-unsaturated/α-hetero) is 1. The number of nitrogens with zero attached hydrogens (tertiary/aromatic N) is 1. The van der Waals surface area contributed by atoms with Crippen LogP contribution in [0.3, 0.4) is 0 Å². The van der Waals surface area contributed by atoms with Crippen LogP contribution < -0.4 is 5.32 Å². The van der Waals surface area contributed by atoms with Crippen molar-refractivity contribution in [1.82, 2.24) is 10.2 Å². The molecule has 5 nitrogen and oxygen atoms in total. The van der Waals surface area contributed by atoms with Gasteiger partial charge >= 0.3 is 0 Å². The lowest BCUT2D eigenvalue weighted by Gasteiger charge is -2.35. The first kappa shape index (κ1) is 16.7. The molecule has 0 aromatic heterocycles. The highest BCUT2D eigenvalue weighted by Gasteiger charge is 2.33. The van der Waals surface area contributed by atoms with Gasteiger partial charge in [-0.3, -0.25) is 14.4 Å². The summed E-state index contributed by atoms with van der Waals surface area (Å²) in [6.07, 6.45) is 3.38. The number of nitrogens with one attached hydrogen (secondary N) is 1. The number of hydrogen-bond donors (Lipinski definition) is 1. The van der Waals surface area contributed by atoms with Gasteiger partial charge in [0.1, 0.15) is 6.04 Å². The fraction of sp³-hybridized carbons (Fsp3) is 0.800. The average Bonchev–Trinajstić information content (AvgIpc) is 2.43. The molecule has 1 heterocycles. The van der Waals surface area contributed by atoms with Crippen molar-refractivity contribution in [3.05, 3.63) is 0 Å². The van der Waals surface area contributed by atoms with Crippen molar-refractivity contribution >= 4 is 17.6 Å². The quantitative estimate of drug-likeness (QED) is 0.831. The lowest BCUT2D eigenvalue weighted by atomic mass is 9.94. The highest BCUT2D eigenvalue weighted by Crippen LogP contribution is 2.18. The summed E-state index contributed by atoms with van der Waals surface area (Å²) in [5.74, 6) is -0.197. The number of rotatable bonds is 5. The Morgan fingerprint density at radius 2 is 1.90 bits per heavy atom. The van der Waals surface area contributed by atoms with Gasteiger partial charge in [0.25, 0.3) is 0 Å². The van der Waals surface area contributed by atoms with E-state index in [-0.39, 0.29) is 23.5 Å². The van der Waals surface area contributed by atoms with Crippen molar-refractivity contribution in [3.8, 4) is 0 Å². The summed E-state index contributed by atoms with van der Waals surface area (Å²) in [4.78, 5) is 37.3. The van der Waals surface area contributed by atoms with E-state index in [0.717, 1.165) is 19.3 Å². The predicted molar refractivity (Wildman–Crippen MR) is 77.1 cm³/mol. The van der Waals surface area contributed by atoms with E-state index in [0.29, 0.717) is 13.0 Å². The van der Waals surface area contributed by atoms with Crippen molar-refractivity contribution < 1.29 is 14.4 Å². The van der Waals surface area contributed by atoms with E-state index in [2.05, 4.69) is 5.32 Å². The maximum absolute atomic E-state index is 12.4. The van der Waals surface area contributed by atoms with Gasteiger partial charge in [-0.1, -0.05) is 20.3 Å². The minimum atomic E-state index is -0.455. The Balaban J connectivity index is 2.76. The van der Waals surface area contributed by atoms with Crippen molar-refractivity contribution in [1.29, 1.82) is 0 Å². The van der Waals surface area contributed by atoms with Crippen LogP contribution >= 0.6 is 0 Å². The molecule has 0 spiro atoms. The first-order valence-electron chi connectivity index (χ1n) is 7.46. The summed E-state index contributed by atoms with van der Waals surface area (Å²) in [6, 6.07) is -0.879. The van der Waals surface area contributed by atoms with E-state index in [1.807, 2.05) is 13.8 Å². The first-order valence-corrected chi connectivity index (χ1v) is 7.46. The van der Waals surface area contributed by atoms with Gasteiger partial charge in [-0.05, 0) is 32.1 Å². The maximum Gasteiger partial charge on any atom is 0.243 e. The Kier molecular flexibility index (Phi) is 6.17. The standard InChI is InChI=1S/C15H26N2O3/c1-5-10(2)14(11(3)18)16-15(20)13-8-6-7-9-17(13)12(4)19/h10,13-14H,5-9H2,1-4H3,(H,16,20). The van der Waals surface area contributed by atoms with Crippen LogP contribution in [0.4, 0.5) is 0 Å². The number of likely N-dealkylation sites (tertiary alicyclic amines) is 1. The summed E-state index contributed by atoms with van der Waals surface area (Å²) >= 11 is 0. The zero-order chi connectivity index (χ0) is 15.3. The molecule has 0 aromatic carbocycles. The minimum Gasteiger partial charge on any atom is -0.344 e. The number of carbonyl (C=O) groups is 3. The van der Waals surface area contributed by atoms with Crippen LogP contribution in [0.25, 0.3) is 0 Å². The van der Waals surface area contributed by atoms with Gasteiger partial charge in [0.2, 0.25) is 11.8 Å². The molecule has 1 fully saturated rings. The van der Waals surface area contributed by atoms with E-state index in [9.17, 15) is 14.4 Å². The number of carbonyl (C=O) groups excluding carboxylic acids is 3. The van der Waals surface area contributed by atoms with Crippen LogP contribution in [0.1, 0.15) is 53.4 Å². The summed E-state index contributed by atoms with van der Waals surface area (Å²) in [7, 11) is 0. The Bertz CT molecular complexity index is 381. The molecular weight excluding hydrogens is 256 g/mol. The molecule has 1 aliphatic heterocycles. The molecule has 20 heavy (non-hydrogen) atoms. The molecule has 114 valence electrons. The Morgan fingerprint density at radius 3 is 2.40 bits per heavy atom. The molecule has 0 aromatic rings. The lowest BCUT2D eigenvalue weighted by Crippen LogP contribution is -2.55. The van der Waals surface area contributed by atoms with Gasteiger partial charge in [0.05, 0.1) is 6.04 Å². The fourth-order valence-electron chi connectivity index (χ4n) is 2.71. The molecule has 0 aliphatic carbocycles. The first-order chi connectivity index (χ1) is 9.38. The molecule has 1 rings (SSSR count). The molecule has 0 saturated carbocycles. The Morgan fingerprint density at radius 1 is 1.25 bits per heavy atom. The monoisotopic (exact) mass is 282 g/mol. The van der Waals surface area contributed by atoms with Crippen LogP contribution in [-0.4, -0.2) is 41.1 Å². The largest absolute Gasteiger partial charge is 0.344 e. The normalized spacial score (nSPS) is 22.0. The molecule has 0 radical (unpaired) electrons. The van der Waals surface area contributed by atoms with Gasteiger partial charge in [-0.2, -0.15) is 0 Å². The topological polar surface area (TPSA) is 66.5 Å². The summed E-state index contributed by atoms with van der Waals surface area (Å²) in [5, 5.41) is 2.84. The molecule has 1 N–H and O–H groups in total. The van der Waals surface area contributed by atoms with E-state index in [1.165, 1.54) is 13.8 Å². The molecule has 3 atom stereocenters. The summed E-state index contributed by atoms with van der Waals surface area (Å²) in [5.41, 5.74) is 0. The predicted octanol–water partition coefficient (Wildman–Crippen LogP) is 1.51. The van der Waals surface area contributed by atoms with E-state index in [4.69, 9.17) is 0 Å². The Hall–Kier alpha value is -1.39. The molecule has 0 bridgehead atoms. The summed E-state index contributed by atoms with van der Waals surface area (Å²) < 4.78 is 0. The van der Waals surface area contributed by atoms with Gasteiger partial charge < -0.3 is 10.2 Å². The zero-order valence-corrected chi connectivity index (χ0v) is 12.9. The van der Waals surface area contributed by atoms with Crippen molar-refractivity contribution in [2.75, 3.05) is 6.54 Å². The number of piperidine rings is 1. The van der Waals surface area contributed by atoms with Crippen LogP contribution in [-0.2, 0) is 14.4 Å². The van der Waals surface area contributed by atoms with E-state index >= 15 is 0 Å². The zero-order valence-electron chi connectivity index (χ0n) is 12.9. The fourth-order valence-corrected chi connectivity index (χ4v) is 2.71. The number of ketones is 1. The molecule has 1 aliphatic rings. The molecular formula is C15H26N2O3. The van der Waals surface area contributed by atoms with Gasteiger partial charge in [-0.25, -0.2) is 0 Å². The average molecular weight is 282 g/mol. The highest BCUT2D eigenvalue weighted by atomic mass is 16.2. The second-order valence-electron chi connectivity index (χ2n) is 5.71. The van der Waals surface area contributed by atoms with Crippen LogP contribution in [0.2, 0.25) is 0 Å². The minimum absolute atomic E-state index is 0.0297. The maximum atomic E-state index is 12.4. The third kappa shape index (κ3) is 4.05. The second kappa shape index (κ2) is 7.41.